The van der Waals surface area contributed by atoms with Gasteiger partial charge in [0.05, 0.1) is 7.11 Å². The number of carbonyl (C=O) groups is 1. The molecule has 4 heteroatoms. The van der Waals surface area contributed by atoms with Crippen LogP contribution < -0.4 is 4.74 Å². The van der Waals surface area contributed by atoms with Gasteiger partial charge in [0.1, 0.15) is 0 Å². The summed E-state index contributed by atoms with van der Waals surface area (Å²) in [5.41, 5.74) is 0.394. The molecule has 1 aliphatic rings. The van der Waals surface area contributed by atoms with Gasteiger partial charge in [0, 0.05) is 18.2 Å². The Balaban J connectivity index is 2.19. The molecule has 0 heterocycles. The molecule has 1 saturated carbocycles. The zero-order valence-corrected chi connectivity index (χ0v) is 11.6. The first-order valence-corrected chi connectivity index (χ1v) is 6.67. The molecule has 0 aliphatic heterocycles. The third-order valence-electron chi connectivity index (χ3n) is 3.21. The molecule has 0 bridgehead atoms. The molecular weight excluding hydrogens is 245 g/mol. The molecule has 19 heavy (non-hydrogen) atoms. The predicted octanol–water partition coefficient (Wildman–Crippen LogP) is 3.09. The smallest absolute Gasteiger partial charge is 0.254 e. The molecule has 1 amide bonds. The zero-order valence-electron chi connectivity index (χ0n) is 11.6. The van der Waals surface area contributed by atoms with Gasteiger partial charge in [0.2, 0.25) is 0 Å². The van der Waals surface area contributed by atoms with Crippen LogP contribution in [0.25, 0.3) is 0 Å². The summed E-state index contributed by atoms with van der Waals surface area (Å²) < 4.78 is 18.5. The standard InChI is InChI=1S/C15H20FNO2/c1-10(2)9-17(12-5-6-12)15(18)11-4-7-14(19-3)13(16)8-11/h4,7-8,10,12H,5-6,9H2,1-3H3. The molecule has 0 spiro atoms. The summed E-state index contributed by atoms with van der Waals surface area (Å²) in [6, 6.07) is 4.72. The van der Waals surface area contributed by atoms with Gasteiger partial charge in [-0.2, -0.15) is 0 Å². The molecule has 1 fully saturated rings. The van der Waals surface area contributed by atoms with E-state index in [-0.39, 0.29) is 11.7 Å². The Kier molecular flexibility index (Phi) is 4.08. The SMILES string of the molecule is COc1ccc(C(=O)N(CC(C)C)C2CC2)cc1F. The van der Waals surface area contributed by atoms with Crippen molar-refractivity contribution in [3.05, 3.63) is 29.6 Å². The van der Waals surface area contributed by atoms with Crippen LogP contribution in [0.1, 0.15) is 37.0 Å². The first-order valence-electron chi connectivity index (χ1n) is 6.67. The monoisotopic (exact) mass is 265 g/mol. The predicted molar refractivity (Wildman–Crippen MR) is 71.8 cm³/mol. The molecule has 1 aliphatic carbocycles. The van der Waals surface area contributed by atoms with E-state index in [0.717, 1.165) is 19.4 Å². The highest BCUT2D eigenvalue weighted by molar-refractivity contribution is 5.94. The van der Waals surface area contributed by atoms with Gasteiger partial charge in [-0.05, 0) is 37.0 Å². The van der Waals surface area contributed by atoms with Crippen LogP contribution >= 0.6 is 0 Å². The zero-order chi connectivity index (χ0) is 14.0. The molecule has 0 atom stereocenters. The summed E-state index contributed by atoms with van der Waals surface area (Å²) in [6.45, 7) is 4.88. The van der Waals surface area contributed by atoms with E-state index in [1.165, 1.54) is 19.2 Å². The molecule has 104 valence electrons. The first-order chi connectivity index (χ1) is 9.02. The Bertz CT molecular complexity index is 469. The lowest BCUT2D eigenvalue weighted by atomic mass is 10.1. The van der Waals surface area contributed by atoms with Crippen molar-refractivity contribution < 1.29 is 13.9 Å². The van der Waals surface area contributed by atoms with E-state index in [2.05, 4.69) is 13.8 Å². The van der Waals surface area contributed by atoms with Crippen LogP contribution in [0.5, 0.6) is 5.75 Å². The molecule has 1 aromatic carbocycles. The lowest BCUT2D eigenvalue weighted by molar-refractivity contribution is 0.0722. The van der Waals surface area contributed by atoms with E-state index < -0.39 is 5.82 Å². The molecule has 3 nitrogen and oxygen atoms in total. The Morgan fingerprint density at radius 2 is 2.16 bits per heavy atom. The van der Waals surface area contributed by atoms with Gasteiger partial charge in [-0.3, -0.25) is 4.79 Å². The third kappa shape index (κ3) is 3.25. The number of hydrogen-bond acceptors (Lipinski definition) is 2. The minimum absolute atomic E-state index is 0.0854. The molecule has 1 aromatic rings. The van der Waals surface area contributed by atoms with Crippen LogP contribution in [0.15, 0.2) is 18.2 Å². The minimum atomic E-state index is -0.492. The van der Waals surface area contributed by atoms with Crippen LogP contribution in [0, 0.1) is 11.7 Å². The fraction of sp³-hybridized carbons (Fsp3) is 0.533. The molecule has 0 unspecified atom stereocenters. The summed E-state index contributed by atoms with van der Waals surface area (Å²) in [5.74, 6) is -0.00239. The summed E-state index contributed by atoms with van der Waals surface area (Å²) in [7, 11) is 1.41. The summed E-state index contributed by atoms with van der Waals surface area (Å²) >= 11 is 0. The van der Waals surface area contributed by atoms with E-state index >= 15 is 0 Å². The van der Waals surface area contributed by atoms with E-state index in [0.29, 0.717) is 17.5 Å². The average molecular weight is 265 g/mol. The van der Waals surface area contributed by atoms with E-state index in [9.17, 15) is 9.18 Å². The second-order valence-corrected chi connectivity index (χ2v) is 5.43. The number of ether oxygens (including phenoxy) is 1. The fourth-order valence-corrected chi connectivity index (χ4v) is 2.14. The van der Waals surface area contributed by atoms with Crippen LogP contribution in [-0.2, 0) is 0 Å². The Hall–Kier alpha value is -1.58. The first kappa shape index (κ1) is 13.8. The summed E-state index contributed by atoms with van der Waals surface area (Å²) in [6.07, 6.45) is 2.11. The lowest BCUT2D eigenvalue weighted by Gasteiger charge is -2.24. The van der Waals surface area contributed by atoms with Crippen LogP contribution in [0.2, 0.25) is 0 Å². The van der Waals surface area contributed by atoms with Crippen molar-refractivity contribution in [2.24, 2.45) is 5.92 Å². The fourth-order valence-electron chi connectivity index (χ4n) is 2.14. The Morgan fingerprint density at radius 3 is 2.63 bits per heavy atom. The number of benzene rings is 1. The average Bonchev–Trinajstić information content (AvgIpc) is 3.19. The number of carbonyl (C=O) groups excluding carboxylic acids is 1. The topological polar surface area (TPSA) is 29.5 Å². The molecule has 0 aromatic heterocycles. The van der Waals surface area contributed by atoms with Crippen LogP contribution in [0.3, 0.4) is 0 Å². The maximum absolute atomic E-state index is 13.7. The number of nitrogens with zero attached hydrogens (tertiary/aromatic N) is 1. The quantitative estimate of drug-likeness (QED) is 0.818. The molecule has 0 radical (unpaired) electrons. The number of halogens is 1. The highest BCUT2D eigenvalue weighted by Crippen LogP contribution is 2.29. The minimum Gasteiger partial charge on any atom is -0.494 e. The summed E-state index contributed by atoms with van der Waals surface area (Å²) in [5, 5.41) is 0. The molecule has 0 N–H and O–H groups in total. The van der Waals surface area contributed by atoms with Crippen molar-refractivity contribution in [2.45, 2.75) is 32.7 Å². The normalized spacial score (nSPS) is 14.6. The number of rotatable bonds is 5. The van der Waals surface area contributed by atoms with Gasteiger partial charge in [0.15, 0.2) is 11.6 Å². The largest absolute Gasteiger partial charge is 0.494 e. The van der Waals surface area contributed by atoms with Crippen molar-refractivity contribution in [1.82, 2.24) is 4.90 Å². The van der Waals surface area contributed by atoms with Gasteiger partial charge in [0.25, 0.3) is 5.91 Å². The van der Waals surface area contributed by atoms with Crippen molar-refractivity contribution in [3.63, 3.8) is 0 Å². The third-order valence-corrected chi connectivity index (χ3v) is 3.21. The van der Waals surface area contributed by atoms with Gasteiger partial charge in [-0.15, -0.1) is 0 Å². The van der Waals surface area contributed by atoms with Crippen molar-refractivity contribution in [2.75, 3.05) is 13.7 Å². The van der Waals surface area contributed by atoms with E-state index in [1.807, 2.05) is 4.90 Å². The number of amides is 1. The summed E-state index contributed by atoms with van der Waals surface area (Å²) in [4.78, 5) is 14.3. The van der Waals surface area contributed by atoms with Crippen LogP contribution in [-0.4, -0.2) is 30.5 Å². The van der Waals surface area contributed by atoms with Crippen molar-refractivity contribution >= 4 is 5.91 Å². The van der Waals surface area contributed by atoms with Gasteiger partial charge in [-0.25, -0.2) is 4.39 Å². The van der Waals surface area contributed by atoms with Crippen molar-refractivity contribution in [1.29, 1.82) is 0 Å². The second kappa shape index (κ2) is 5.59. The van der Waals surface area contributed by atoms with Gasteiger partial charge >= 0.3 is 0 Å². The molecule has 2 rings (SSSR count). The van der Waals surface area contributed by atoms with E-state index in [4.69, 9.17) is 4.74 Å². The lowest BCUT2D eigenvalue weighted by Crippen LogP contribution is -2.36. The highest BCUT2D eigenvalue weighted by Gasteiger charge is 2.33. The molecular formula is C15H20FNO2. The maximum Gasteiger partial charge on any atom is 0.254 e. The number of hydrogen-bond donors (Lipinski definition) is 0. The Morgan fingerprint density at radius 1 is 1.47 bits per heavy atom. The van der Waals surface area contributed by atoms with Gasteiger partial charge < -0.3 is 9.64 Å². The number of methoxy groups -OCH3 is 1. The molecule has 0 saturated heterocycles. The second-order valence-electron chi connectivity index (χ2n) is 5.43. The highest BCUT2D eigenvalue weighted by atomic mass is 19.1. The van der Waals surface area contributed by atoms with Crippen LogP contribution in [0.4, 0.5) is 4.39 Å². The van der Waals surface area contributed by atoms with E-state index in [1.54, 1.807) is 6.07 Å². The maximum atomic E-state index is 13.7. The van der Waals surface area contributed by atoms with Crippen molar-refractivity contribution in [3.8, 4) is 5.75 Å². The Labute approximate surface area is 113 Å². The van der Waals surface area contributed by atoms with Gasteiger partial charge in [-0.1, -0.05) is 13.8 Å².